The minimum atomic E-state index is -0.660. The molecule has 1 saturated heterocycles. The van der Waals surface area contributed by atoms with Gasteiger partial charge in [-0.15, -0.1) is 0 Å². The second kappa shape index (κ2) is 7.34. The fraction of sp³-hybridized carbons (Fsp3) is 0.364. The molecule has 168 valence electrons. The largest absolute Gasteiger partial charge is 0.377 e. The standard InChI is InChI=1S/C22H23N9O2/c1-11-15(7-31(29-11)13-8-33-9-13)26-22-20(21(23)32)27-19(17(28-22)12-3-4-12)14-5-24-6-16-18(14)25-10-30(16)2/h5-7,10,12-13H,3-4,8-9H2,1-2H3,(H2,23,32)(H,26,28). The zero-order valence-corrected chi connectivity index (χ0v) is 18.3. The Labute approximate surface area is 189 Å². The van der Waals surface area contributed by atoms with E-state index in [2.05, 4.69) is 20.4 Å². The van der Waals surface area contributed by atoms with Crippen LogP contribution in [0.15, 0.2) is 24.9 Å². The molecule has 11 nitrogen and oxygen atoms in total. The zero-order valence-electron chi connectivity index (χ0n) is 18.3. The van der Waals surface area contributed by atoms with Crippen molar-refractivity contribution in [2.75, 3.05) is 18.5 Å². The number of rotatable bonds is 6. The number of imidazole rings is 1. The average Bonchev–Trinajstić information content (AvgIpc) is 3.45. The van der Waals surface area contributed by atoms with Crippen molar-refractivity contribution < 1.29 is 9.53 Å². The molecule has 1 aliphatic heterocycles. The van der Waals surface area contributed by atoms with Gasteiger partial charge in [-0.2, -0.15) is 5.10 Å². The maximum Gasteiger partial charge on any atom is 0.271 e. The van der Waals surface area contributed by atoms with Crippen molar-refractivity contribution in [1.82, 2.24) is 34.3 Å². The minimum Gasteiger partial charge on any atom is -0.377 e. The lowest BCUT2D eigenvalue weighted by Crippen LogP contribution is -2.30. The Kier molecular flexibility index (Phi) is 4.40. The number of aromatic nitrogens is 7. The van der Waals surface area contributed by atoms with Gasteiger partial charge in [0.2, 0.25) is 0 Å². The normalized spacial score (nSPS) is 16.2. The monoisotopic (exact) mass is 445 g/mol. The summed E-state index contributed by atoms with van der Waals surface area (Å²) in [5.74, 6) is -0.0566. The van der Waals surface area contributed by atoms with Crippen LogP contribution in [0, 0.1) is 6.92 Å². The quantitative estimate of drug-likeness (QED) is 0.461. The van der Waals surface area contributed by atoms with E-state index in [0.717, 1.165) is 46.5 Å². The van der Waals surface area contributed by atoms with Crippen LogP contribution in [0.5, 0.6) is 0 Å². The smallest absolute Gasteiger partial charge is 0.271 e. The summed E-state index contributed by atoms with van der Waals surface area (Å²) in [6, 6.07) is 0.219. The first-order valence-electron chi connectivity index (χ1n) is 10.9. The van der Waals surface area contributed by atoms with Gasteiger partial charge < -0.3 is 20.4 Å². The summed E-state index contributed by atoms with van der Waals surface area (Å²) >= 11 is 0. The molecular weight excluding hydrogens is 422 g/mol. The van der Waals surface area contributed by atoms with Gasteiger partial charge in [0.1, 0.15) is 5.52 Å². The van der Waals surface area contributed by atoms with Gasteiger partial charge in [0, 0.05) is 30.9 Å². The van der Waals surface area contributed by atoms with Crippen molar-refractivity contribution in [2.45, 2.75) is 31.7 Å². The number of hydrogen-bond acceptors (Lipinski definition) is 8. The summed E-state index contributed by atoms with van der Waals surface area (Å²) in [7, 11) is 1.91. The molecule has 0 unspecified atom stereocenters. The van der Waals surface area contributed by atoms with E-state index >= 15 is 0 Å². The van der Waals surface area contributed by atoms with Crippen molar-refractivity contribution >= 4 is 28.4 Å². The summed E-state index contributed by atoms with van der Waals surface area (Å²) in [5.41, 5.74) is 11.2. The summed E-state index contributed by atoms with van der Waals surface area (Å²) in [6.07, 6.45) is 9.14. The average molecular weight is 445 g/mol. The van der Waals surface area contributed by atoms with Crippen molar-refractivity contribution in [2.24, 2.45) is 12.8 Å². The van der Waals surface area contributed by atoms with Gasteiger partial charge in [0.15, 0.2) is 11.5 Å². The Hall–Kier alpha value is -3.86. The number of amides is 1. The molecule has 6 rings (SSSR count). The number of nitrogens with two attached hydrogens (primary N) is 1. The van der Waals surface area contributed by atoms with E-state index in [1.807, 2.05) is 29.4 Å². The molecule has 5 heterocycles. The SMILES string of the molecule is Cc1nn(C2COC2)cc1Nc1nc(C2CC2)c(-c2cncc3c2ncn3C)nc1C(N)=O. The van der Waals surface area contributed by atoms with E-state index in [0.29, 0.717) is 24.7 Å². The summed E-state index contributed by atoms with van der Waals surface area (Å²) in [6.45, 7) is 3.18. The van der Waals surface area contributed by atoms with E-state index in [-0.39, 0.29) is 17.7 Å². The molecule has 0 spiro atoms. The number of ether oxygens (including phenoxy) is 1. The number of primary amides is 1. The maximum absolute atomic E-state index is 12.4. The molecule has 2 aliphatic rings. The van der Waals surface area contributed by atoms with Crippen LogP contribution in [0.1, 0.15) is 46.7 Å². The zero-order chi connectivity index (χ0) is 22.7. The van der Waals surface area contributed by atoms with Gasteiger partial charge in [-0.1, -0.05) is 0 Å². The van der Waals surface area contributed by atoms with Crippen LogP contribution in [0.25, 0.3) is 22.3 Å². The highest BCUT2D eigenvalue weighted by molar-refractivity contribution is 5.98. The lowest BCUT2D eigenvalue weighted by atomic mass is 10.1. The van der Waals surface area contributed by atoms with Gasteiger partial charge in [-0.05, 0) is 19.8 Å². The number of aryl methyl sites for hydroxylation is 2. The number of carbonyl (C=O) groups excluding carboxylic acids is 1. The molecule has 3 N–H and O–H groups in total. The van der Waals surface area contributed by atoms with E-state index in [4.69, 9.17) is 20.4 Å². The Morgan fingerprint density at radius 1 is 1.24 bits per heavy atom. The molecule has 0 aromatic carbocycles. The van der Waals surface area contributed by atoms with Crippen LogP contribution >= 0.6 is 0 Å². The summed E-state index contributed by atoms with van der Waals surface area (Å²) < 4.78 is 9.04. The second-order valence-electron chi connectivity index (χ2n) is 8.63. The van der Waals surface area contributed by atoms with Crippen LogP contribution in [-0.2, 0) is 11.8 Å². The Bertz CT molecular complexity index is 1400. The van der Waals surface area contributed by atoms with E-state index in [9.17, 15) is 4.79 Å². The molecule has 11 heteroatoms. The van der Waals surface area contributed by atoms with Crippen molar-refractivity contribution in [1.29, 1.82) is 0 Å². The van der Waals surface area contributed by atoms with E-state index in [1.54, 1.807) is 18.7 Å². The third-order valence-electron chi connectivity index (χ3n) is 6.18. The number of anilines is 2. The summed E-state index contributed by atoms with van der Waals surface area (Å²) in [5, 5.41) is 7.82. The number of fused-ring (bicyclic) bond motifs is 1. The number of pyridine rings is 1. The highest BCUT2D eigenvalue weighted by atomic mass is 16.5. The maximum atomic E-state index is 12.4. The molecule has 4 aromatic rings. The molecule has 2 fully saturated rings. The van der Waals surface area contributed by atoms with E-state index in [1.165, 1.54) is 0 Å². The lowest BCUT2D eigenvalue weighted by Gasteiger charge is -2.25. The van der Waals surface area contributed by atoms with Crippen LogP contribution in [0.4, 0.5) is 11.5 Å². The molecule has 1 amide bonds. The first kappa shape index (κ1) is 19.8. The third kappa shape index (κ3) is 3.32. The molecule has 1 saturated carbocycles. The van der Waals surface area contributed by atoms with Gasteiger partial charge in [-0.25, -0.2) is 15.0 Å². The highest BCUT2D eigenvalue weighted by Gasteiger charge is 2.32. The second-order valence-corrected chi connectivity index (χ2v) is 8.63. The molecule has 33 heavy (non-hydrogen) atoms. The van der Waals surface area contributed by atoms with Crippen LogP contribution in [0.2, 0.25) is 0 Å². The summed E-state index contributed by atoms with van der Waals surface area (Å²) in [4.78, 5) is 30.9. The van der Waals surface area contributed by atoms with Crippen LogP contribution < -0.4 is 11.1 Å². The van der Waals surface area contributed by atoms with Crippen LogP contribution in [-0.4, -0.2) is 53.4 Å². The first-order valence-corrected chi connectivity index (χ1v) is 10.9. The fourth-order valence-corrected chi connectivity index (χ4v) is 4.06. The highest BCUT2D eigenvalue weighted by Crippen LogP contribution is 2.44. The first-order chi connectivity index (χ1) is 16.0. The molecule has 4 aromatic heterocycles. The van der Waals surface area contributed by atoms with Gasteiger partial charge in [0.05, 0.1) is 60.1 Å². The predicted molar refractivity (Wildman–Crippen MR) is 120 cm³/mol. The number of carbonyl (C=O) groups is 1. The van der Waals surface area contributed by atoms with Gasteiger partial charge in [0.25, 0.3) is 5.91 Å². The van der Waals surface area contributed by atoms with Crippen molar-refractivity contribution in [3.05, 3.63) is 42.0 Å². The van der Waals surface area contributed by atoms with Crippen molar-refractivity contribution in [3.8, 4) is 11.3 Å². The molecule has 0 atom stereocenters. The van der Waals surface area contributed by atoms with Gasteiger partial charge >= 0.3 is 0 Å². The van der Waals surface area contributed by atoms with E-state index < -0.39 is 5.91 Å². The van der Waals surface area contributed by atoms with Crippen molar-refractivity contribution in [3.63, 3.8) is 0 Å². The topological polar surface area (TPSA) is 139 Å². The fourth-order valence-electron chi connectivity index (χ4n) is 4.06. The molecule has 1 aliphatic carbocycles. The van der Waals surface area contributed by atoms with Crippen LogP contribution in [0.3, 0.4) is 0 Å². The third-order valence-corrected chi connectivity index (χ3v) is 6.18. The number of nitrogens with zero attached hydrogens (tertiary/aromatic N) is 7. The minimum absolute atomic E-state index is 0.0708. The lowest BCUT2D eigenvalue weighted by molar-refractivity contribution is -0.0287. The number of nitrogens with one attached hydrogen (secondary N) is 1. The Balaban J connectivity index is 1.47. The molecule has 0 radical (unpaired) electrons. The Morgan fingerprint density at radius 2 is 2.06 bits per heavy atom. The number of hydrogen-bond donors (Lipinski definition) is 2. The Morgan fingerprint density at radius 3 is 2.76 bits per heavy atom. The predicted octanol–water partition coefficient (Wildman–Crippen LogP) is 2.22. The molecular formula is C22H23N9O2. The van der Waals surface area contributed by atoms with Gasteiger partial charge in [-0.3, -0.25) is 14.5 Å². The molecule has 0 bridgehead atoms.